The van der Waals surface area contributed by atoms with Crippen molar-refractivity contribution in [1.29, 1.82) is 0 Å². The van der Waals surface area contributed by atoms with Crippen LogP contribution in [0.5, 0.6) is 11.5 Å². The number of hydrogen-bond acceptors (Lipinski definition) is 5. The summed E-state index contributed by atoms with van der Waals surface area (Å²) in [5, 5.41) is 2.89. The van der Waals surface area contributed by atoms with E-state index in [1.165, 1.54) is 4.31 Å². The maximum Gasteiger partial charge on any atom is 0.258 e. The van der Waals surface area contributed by atoms with E-state index >= 15 is 0 Å². The number of carbonyl (C=O) groups excluding carboxylic acids is 1. The molecule has 0 radical (unpaired) electrons. The van der Waals surface area contributed by atoms with Crippen LogP contribution in [0.4, 0.5) is 0 Å². The van der Waals surface area contributed by atoms with Crippen LogP contribution < -0.4 is 14.8 Å². The van der Waals surface area contributed by atoms with Gasteiger partial charge < -0.3 is 14.8 Å². The summed E-state index contributed by atoms with van der Waals surface area (Å²) >= 11 is 0. The van der Waals surface area contributed by atoms with Crippen LogP contribution in [0, 0.1) is 0 Å². The zero-order valence-corrected chi connectivity index (χ0v) is 14.8. The summed E-state index contributed by atoms with van der Waals surface area (Å²) in [6.45, 7) is 2.41. The SMILES string of the molecule is CCS(=O)(=O)N1CCC(NC(=O)COc2ccccc2OC)CC1. The number of piperidine rings is 1. The lowest BCUT2D eigenvalue weighted by Gasteiger charge is -2.31. The van der Waals surface area contributed by atoms with Crippen LogP contribution in [0.15, 0.2) is 24.3 Å². The number of nitrogens with one attached hydrogen (secondary N) is 1. The summed E-state index contributed by atoms with van der Waals surface area (Å²) in [5.41, 5.74) is 0. The molecule has 0 bridgehead atoms. The molecule has 1 aromatic rings. The largest absolute Gasteiger partial charge is 0.493 e. The van der Waals surface area contributed by atoms with E-state index in [9.17, 15) is 13.2 Å². The van der Waals surface area contributed by atoms with Crippen molar-refractivity contribution in [2.24, 2.45) is 0 Å². The highest BCUT2D eigenvalue weighted by Crippen LogP contribution is 2.25. The Bertz CT molecular complexity index is 654. The highest BCUT2D eigenvalue weighted by Gasteiger charge is 2.27. The number of carbonyl (C=O) groups is 1. The fourth-order valence-electron chi connectivity index (χ4n) is 2.61. The van der Waals surface area contributed by atoms with Gasteiger partial charge >= 0.3 is 0 Å². The predicted octanol–water partition coefficient (Wildman–Crippen LogP) is 1.00. The molecule has 1 aliphatic rings. The van der Waals surface area contributed by atoms with Crippen LogP contribution in [0.2, 0.25) is 0 Å². The zero-order chi connectivity index (χ0) is 17.6. The molecule has 0 saturated carbocycles. The number of rotatable bonds is 7. The summed E-state index contributed by atoms with van der Waals surface area (Å²) in [4.78, 5) is 12.0. The zero-order valence-electron chi connectivity index (χ0n) is 14.0. The van der Waals surface area contributed by atoms with Crippen LogP contribution in [0.3, 0.4) is 0 Å². The Morgan fingerprint density at radius 3 is 2.46 bits per heavy atom. The number of para-hydroxylation sites is 2. The number of amides is 1. The van der Waals surface area contributed by atoms with Gasteiger partial charge in [-0.25, -0.2) is 12.7 Å². The van der Waals surface area contributed by atoms with Crippen molar-refractivity contribution in [1.82, 2.24) is 9.62 Å². The maximum absolute atomic E-state index is 12.0. The highest BCUT2D eigenvalue weighted by atomic mass is 32.2. The number of ether oxygens (including phenoxy) is 2. The second kappa shape index (κ2) is 8.34. The lowest BCUT2D eigenvalue weighted by molar-refractivity contribution is -0.124. The van der Waals surface area contributed by atoms with Gasteiger partial charge in [0.05, 0.1) is 12.9 Å². The molecular weight excluding hydrogens is 332 g/mol. The van der Waals surface area contributed by atoms with E-state index in [4.69, 9.17) is 9.47 Å². The molecule has 0 aromatic heterocycles. The summed E-state index contributed by atoms with van der Waals surface area (Å²) in [7, 11) is -1.60. The summed E-state index contributed by atoms with van der Waals surface area (Å²) in [5.74, 6) is 0.969. The Hall–Kier alpha value is -1.80. The molecule has 0 atom stereocenters. The third-order valence-corrected chi connectivity index (χ3v) is 5.89. The molecule has 1 aliphatic heterocycles. The first kappa shape index (κ1) is 18.5. The Balaban J connectivity index is 1.78. The van der Waals surface area contributed by atoms with E-state index in [-0.39, 0.29) is 24.3 Å². The molecular formula is C16H24N2O5S. The van der Waals surface area contributed by atoms with E-state index in [1.807, 2.05) is 6.07 Å². The molecule has 7 nitrogen and oxygen atoms in total. The number of benzene rings is 1. The Morgan fingerprint density at radius 1 is 1.25 bits per heavy atom. The average molecular weight is 356 g/mol. The molecule has 8 heteroatoms. The summed E-state index contributed by atoms with van der Waals surface area (Å²) in [6, 6.07) is 7.10. The quantitative estimate of drug-likeness (QED) is 0.788. The van der Waals surface area contributed by atoms with Gasteiger partial charge in [0, 0.05) is 19.1 Å². The van der Waals surface area contributed by atoms with Crippen molar-refractivity contribution >= 4 is 15.9 Å². The first-order valence-electron chi connectivity index (χ1n) is 7.99. The van der Waals surface area contributed by atoms with Gasteiger partial charge in [-0.2, -0.15) is 0 Å². The minimum Gasteiger partial charge on any atom is -0.493 e. The first-order valence-corrected chi connectivity index (χ1v) is 9.60. The molecule has 24 heavy (non-hydrogen) atoms. The molecule has 0 unspecified atom stereocenters. The fraction of sp³-hybridized carbons (Fsp3) is 0.562. The fourth-order valence-corrected chi connectivity index (χ4v) is 3.74. The molecule has 1 heterocycles. The van der Waals surface area contributed by atoms with Crippen molar-refractivity contribution < 1.29 is 22.7 Å². The average Bonchev–Trinajstić information content (AvgIpc) is 2.60. The minimum absolute atomic E-state index is 0.0259. The second-order valence-electron chi connectivity index (χ2n) is 5.58. The number of methoxy groups -OCH3 is 1. The van der Waals surface area contributed by atoms with Gasteiger partial charge in [-0.05, 0) is 31.9 Å². The topological polar surface area (TPSA) is 84.9 Å². The smallest absolute Gasteiger partial charge is 0.258 e. The van der Waals surface area contributed by atoms with Gasteiger partial charge in [0.25, 0.3) is 5.91 Å². The third-order valence-electron chi connectivity index (χ3n) is 4.01. The van der Waals surface area contributed by atoms with E-state index in [0.29, 0.717) is 37.4 Å². The van der Waals surface area contributed by atoms with Crippen LogP contribution in [0.1, 0.15) is 19.8 Å². The molecule has 1 saturated heterocycles. The standard InChI is InChI=1S/C16H24N2O5S/c1-3-24(20,21)18-10-8-13(9-11-18)17-16(19)12-23-15-7-5-4-6-14(15)22-2/h4-7,13H,3,8-12H2,1-2H3,(H,17,19). The molecule has 2 rings (SSSR count). The molecule has 134 valence electrons. The van der Waals surface area contributed by atoms with Crippen molar-refractivity contribution in [2.75, 3.05) is 32.6 Å². The Morgan fingerprint density at radius 2 is 1.88 bits per heavy atom. The lowest BCUT2D eigenvalue weighted by atomic mass is 10.1. The van der Waals surface area contributed by atoms with Gasteiger partial charge in [0.1, 0.15) is 0 Å². The lowest BCUT2D eigenvalue weighted by Crippen LogP contribution is -2.47. The monoisotopic (exact) mass is 356 g/mol. The van der Waals surface area contributed by atoms with Crippen molar-refractivity contribution in [3.05, 3.63) is 24.3 Å². The predicted molar refractivity (Wildman–Crippen MR) is 90.7 cm³/mol. The van der Waals surface area contributed by atoms with Crippen LogP contribution in [-0.2, 0) is 14.8 Å². The number of sulfonamides is 1. The van der Waals surface area contributed by atoms with Crippen LogP contribution in [-0.4, -0.2) is 57.2 Å². The Kier molecular flexibility index (Phi) is 6.44. The van der Waals surface area contributed by atoms with Crippen molar-refractivity contribution in [2.45, 2.75) is 25.8 Å². The minimum atomic E-state index is -3.15. The maximum atomic E-state index is 12.0. The van der Waals surface area contributed by atoms with Gasteiger partial charge in [-0.3, -0.25) is 4.79 Å². The first-order chi connectivity index (χ1) is 11.5. The summed E-state index contributed by atoms with van der Waals surface area (Å²) < 4.78 is 35.8. The van der Waals surface area contributed by atoms with Crippen molar-refractivity contribution in [3.63, 3.8) is 0 Å². The van der Waals surface area contributed by atoms with E-state index in [2.05, 4.69) is 5.32 Å². The molecule has 1 aromatic carbocycles. The van der Waals surface area contributed by atoms with Crippen LogP contribution >= 0.6 is 0 Å². The second-order valence-corrected chi connectivity index (χ2v) is 7.84. The van der Waals surface area contributed by atoms with Gasteiger partial charge in [-0.1, -0.05) is 12.1 Å². The third kappa shape index (κ3) is 4.85. The van der Waals surface area contributed by atoms with Gasteiger partial charge in [0.2, 0.25) is 10.0 Å². The molecule has 1 amide bonds. The highest BCUT2D eigenvalue weighted by molar-refractivity contribution is 7.89. The van der Waals surface area contributed by atoms with Gasteiger partial charge in [-0.15, -0.1) is 0 Å². The number of hydrogen-bond donors (Lipinski definition) is 1. The van der Waals surface area contributed by atoms with E-state index in [1.54, 1.807) is 32.2 Å². The summed E-state index contributed by atoms with van der Waals surface area (Å²) in [6.07, 6.45) is 1.22. The molecule has 1 fully saturated rings. The Labute approximate surface area is 143 Å². The van der Waals surface area contributed by atoms with Crippen LogP contribution in [0.25, 0.3) is 0 Å². The van der Waals surface area contributed by atoms with Gasteiger partial charge in [0.15, 0.2) is 18.1 Å². The molecule has 1 N–H and O–H groups in total. The molecule has 0 aliphatic carbocycles. The molecule has 0 spiro atoms. The van der Waals surface area contributed by atoms with E-state index in [0.717, 1.165) is 0 Å². The normalized spacial score (nSPS) is 16.6. The van der Waals surface area contributed by atoms with E-state index < -0.39 is 10.0 Å². The van der Waals surface area contributed by atoms with Crippen molar-refractivity contribution in [3.8, 4) is 11.5 Å². The number of nitrogens with zero attached hydrogens (tertiary/aromatic N) is 1.